The van der Waals surface area contributed by atoms with Crippen molar-refractivity contribution in [2.24, 2.45) is 0 Å². The van der Waals surface area contributed by atoms with Crippen LogP contribution in [0.2, 0.25) is 0 Å². The summed E-state index contributed by atoms with van der Waals surface area (Å²) in [5, 5.41) is 2.98. The van der Waals surface area contributed by atoms with Crippen LogP contribution < -0.4 is 9.62 Å². The van der Waals surface area contributed by atoms with E-state index >= 15 is 0 Å². The summed E-state index contributed by atoms with van der Waals surface area (Å²) in [7, 11) is -3.90. The highest BCUT2D eigenvalue weighted by Crippen LogP contribution is 2.21. The molecule has 0 saturated heterocycles. The SMILES string of the molecule is CC(C)(C)NC(=O)[C@@H](Cc1ccccc1)N(Cc1ccccc1)C(=O)CN(c1ccc(F)cc1)S(C)(=O)=O. The van der Waals surface area contributed by atoms with Crippen molar-refractivity contribution < 1.29 is 22.4 Å². The van der Waals surface area contributed by atoms with Crippen LogP contribution in [0.3, 0.4) is 0 Å². The first-order valence-corrected chi connectivity index (χ1v) is 14.1. The highest BCUT2D eigenvalue weighted by atomic mass is 32.2. The molecule has 3 aromatic rings. The van der Waals surface area contributed by atoms with Gasteiger partial charge in [-0.2, -0.15) is 0 Å². The van der Waals surface area contributed by atoms with Crippen molar-refractivity contribution in [2.45, 2.75) is 45.3 Å². The van der Waals surface area contributed by atoms with Crippen LogP contribution in [0.15, 0.2) is 84.9 Å². The predicted molar refractivity (Wildman–Crippen MR) is 147 cm³/mol. The Labute approximate surface area is 224 Å². The number of rotatable bonds is 10. The van der Waals surface area contributed by atoms with E-state index in [0.717, 1.165) is 33.8 Å². The molecule has 1 atom stereocenters. The van der Waals surface area contributed by atoms with Crippen molar-refractivity contribution >= 4 is 27.5 Å². The molecule has 3 aromatic carbocycles. The van der Waals surface area contributed by atoms with E-state index in [1.54, 1.807) is 0 Å². The summed E-state index contributed by atoms with van der Waals surface area (Å²) in [4.78, 5) is 28.9. The zero-order valence-corrected chi connectivity index (χ0v) is 22.9. The molecule has 0 aliphatic carbocycles. The van der Waals surface area contributed by atoms with Crippen LogP contribution in [0.4, 0.5) is 10.1 Å². The third-order valence-corrected chi connectivity index (χ3v) is 6.90. The van der Waals surface area contributed by atoms with E-state index in [9.17, 15) is 22.4 Å². The molecule has 7 nitrogen and oxygen atoms in total. The van der Waals surface area contributed by atoms with Crippen molar-refractivity contribution in [1.29, 1.82) is 0 Å². The Balaban J connectivity index is 2.04. The molecule has 0 saturated carbocycles. The van der Waals surface area contributed by atoms with E-state index in [1.165, 1.54) is 17.0 Å². The standard InChI is InChI=1S/C29H34FN3O4S/c1-29(2,3)31-28(35)26(19-22-11-7-5-8-12-22)32(20-23-13-9-6-10-14-23)27(34)21-33(38(4,36)37)25-17-15-24(30)16-18-25/h5-18,26H,19-21H2,1-4H3,(H,31,35)/t26-/m1/s1. The second-order valence-electron chi connectivity index (χ2n) is 10.2. The summed E-state index contributed by atoms with van der Waals surface area (Å²) in [6.07, 6.45) is 1.22. The van der Waals surface area contributed by atoms with Crippen LogP contribution in [-0.2, 0) is 32.6 Å². The lowest BCUT2D eigenvalue weighted by Crippen LogP contribution is -2.56. The number of halogens is 1. The number of hydrogen-bond acceptors (Lipinski definition) is 4. The molecule has 202 valence electrons. The van der Waals surface area contributed by atoms with Crippen molar-refractivity contribution in [3.63, 3.8) is 0 Å². The third kappa shape index (κ3) is 8.41. The molecule has 0 heterocycles. The lowest BCUT2D eigenvalue weighted by molar-refractivity contribution is -0.140. The summed E-state index contributed by atoms with van der Waals surface area (Å²) in [6.45, 7) is 5.11. The molecular weight excluding hydrogens is 505 g/mol. The Hall–Kier alpha value is -3.72. The zero-order valence-electron chi connectivity index (χ0n) is 22.1. The minimum absolute atomic E-state index is 0.0930. The molecule has 1 N–H and O–H groups in total. The number of nitrogens with one attached hydrogen (secondary N) is 1. The molecule has 3 rings (SSSR count). The largest absolute Gasteiger partial charge is 0.350 e. The Morgan fingerprint density at radius 1 is 0.868 bits per heavy atom. The first-order chi connectivity index (χ1) is 17.8. The Bertz CT molecular complexity index is 1330. The number of carbonyl (C=O) groups is 2. The maximum Gasteiger partial charge on any atom is 0.244 e. The van der Waals surface area contributed by atoms with Crippen LogP contribution in [0.5, 0.6) is 0 Å². The van der Waals surface area contributed by atoms with Crippen molar-refractivity contribution in [3.8, 4) is 0 Å². The molecule has 0 bridgehead atoms. The zero-order chi connectivity index (χ0) is 27.9. The fraction of sp³-hybridized carbons (Fsp3) is 0.310. The Morgan fingerprint density at radius 2 is 1.39 bits per heavy atom. The fourth-order valence-electron chi connectivity index (χ4n) is 4.01. The van der Waals surface area contributed by atoms with Gasteiger partial charge in [0.15, 0.2) is 0 Å². The average Bonchev–Trinajstić information content (AvgIpc) is 2.84. The van der Waals surface area contributed by atoms with Gasteiger partial charge in [-0.15, -0.1) is 0 Å². The van der Waals surface area contributed by atoms with Gasteiger partial charge in [0.1, 0.15) is 18.4 Å². The maximum absolute atomic E-state index is 13.9. The highest BCUT2D eigenvalue weighted by molar-refractivity contribution is 7.92. The highest BCUT2D eigenvalue weighted by Gasteiger charge is 2.34. The van der Waals surface area contributed by atoms with Crippen LogP contribution in [-0.4, -0.2) is 49.5 Å². The number of benzene rings is 3. The lowest BCUT2D eigenvalue weighted by atomic mass is 10.0. The number of nitrogens with zero attached hydrogens (tertiary/aromatic N) is 2. The molecule has 0 fully saturated rings. The second-order valence-corrected chi connectivity index (χ2v) is 12.1. The summed E-state index contributed by atoms with van der Waals surface area (Å²) >= 11 is 0. The summed E-state index contributed by atoms with van der Waals surface area (Å²) < 4.78 is 39.8. The molecule has 2 amide bonds. The summed E-state index contributed by atoms with van der Waals surface area (Å²) in [5.74, 6) is -1.44. The Kier molecular flexibility index (Phi) is 9.27. The van der Waals surface area contributed by atoms with Gasteiger partial charge >= 0.3 is 0 Å². The minimum atomic E-state index is -3.90. The number of sulfonamides is 1. The maximum atomic E-state index is 13.9. The van der Waals surface area contributed by atoms with E-state index in [2.05, 4.69) is 5.32 Å². The van der Waals surface area contributed by atoms with Gasteiger partial charge in [0, 0.05) is 18.5 Å². The van der Waals surface area contributed by atoms with Gasteiger partial charge in [0.05, 0.1) is 11.9 Å². The molecular formula is C29H34FN3O4S. The summed E-state index contributed by atoms with van der Waals surface area (Å²) in [6, 6.07) is 22.5. The van der Waals surface area contributed by atoms with Crippen LogP contribution in [0, 0.1) is 5.82 Å². The first kappa shape index (κ1) is 28.8. The molecule has 38 heavy (non-hydrogen) atoms. The smallest absolute Gasteiger partial charge is 0.244 e. The van der Waals surface area contributed by atoms with Crippen LogP contribution >= 0.6 is 0 Å². The number of anilines is 1. The third-order valence-electron chi connectivity index (χ3n) is 5.76. The molecule has 0 aliphatic rings. The van der Waals surface area contributed by atoms with Crippen molar-refractivity contribution in [3.05, 3.63) is 102 Å². The molecule has 0 aromatic heterocycles. The van der Waals surface area contributed by atoms with Gasteiger partial charge in [0.25, 0.3) is 0 Å². The van der Waals surface area contributed by atoms with Crippen LogP contribution in [0.25, 0.3) is 0 Å². The van der Waals surface area contributed by atoms with E-state index in [4.69, 9.17) is 0 Å². The molecule has 0 radical (unpaired) electrons. The quantitative estimate of drug-likeness (QED) is 0.420. The summed E-state index contributed by atoms with van der Waals surface area (Å²) in [5.41, 5.74) is 1.24. The van der Waals surface area contributed by atoms with Crippen molar-refractivity contribution in [1.82, 2.24) is 10.2 Å². The normalized spacial score (nSPS) is 12.4. The first-order valence-electron chi connectivity index (χ1n) is 12.3. The van der Waals surface area contributed by atoms with E-state index < -0.39 is 39.9 Å². The average molecular weight is 540 g/mol. The van der Waals surface area contributed by atoms with Gasteiger partial charge in [-0.25, -0.2) is 12.8 Å². The molecule has 0 unspecified atom stereocenters. The van der Waals surface area contributed by atoms with Crippen LogP contribution in [0.1, 0.15) is 31.9 Å². The predicted octanol–water partition coefficient (Wildman–Crippen LogP) is 4.15. The van der Waals surface area contributed by atoms with Gasteiger partial charge in [-0.05, 0) is 56.2 Å². The van der Waals surface area contributed by atoms with Gasteiger partial charge in [-0.1, -0.05) is 60.7 Å². The monoisotopic (exact) mass is 539 g/mol. The molecule has 9 heteroatoms. The van der Waals surface area contributed by atoms with Gasteiger partial charge in [0.2, 0.25) is 21.8 Å². The minimum Gasteiger partial charge on any atom is -0.350 e. The van der Waals surface area contributed by atoms with E-state index in [1.807, 2.05) is 81.4 Å². The van der Waals surface area contributed by atoms with Gasteiger partial charge in [-0.3, -0.25) is 13.9 Å². The molecule has 0 aliphatic heterocycles. The number of amides is 2. The molecule has 0 spiro atoms. The fourth-order valence-corrected chi connectivity index (χ4v) is 4.86. The van der Waals surface area contributed by atoms with E-state index in [0.29, 0.717) is 0 Å². The Morgan fingerprint density at radius 3 is 1.89 bits per heavy atom. The number of hydrogen-bond donors (Lipinski definition) is 1. The second kappa shape index (κ2) is 12.2. The topological polar surface area (TPSA) is 86.8 Å². The van der Waals surface area contributed by atoms with E-state index in [-0.39, 0.29) is 24.6 Å². The van der Waals surface area contributed by atoms with Crippen molar-refractivity contribution in [2.75, 3.05) is 17.1 Å². The number of carbonyl (C=O) groups excluding carboxylic acids is 2. The van der Waals surface area contributed by atoms with Gasteiger partial charge < -0.3 is 10.2 Å². The lowest BCUT2D eigenvalue weighted by Gasteiger charge is -2.35.